The lowest BCUT2D eigenvalue weighted by atomic mass is 10.0. The van der Waals surface area contributed by atoms with Crippen LogP contribution in [-0.2, 0) is 13.0 Å². The Kier molecular flexibility index (Phi) is 6.92. The van der Waals surface area contributed by atoms with E-state index in [-0.39, 0.29) is 18.2 Å². The minimum atomic E-state index is 0. The van der Waals surface area contributed by atoms with Crippen LogP contribution in [0.4, 0.5) is 5.82 Å². The minimum Gasteiger partial charge on any atom is -1.00 e. The number of halogens is 1. The first-order chi connectivity index (χ1) is 14.2. The van der Waals surface area contributed by atoms with Crippen molar-refractivity contribution in [3.8, 4) is 0 Å². The van der Waals surface area contributed by atoms with E-state index in [1.165, 1.54) is 0 Å². The van der Waals surface area contributed by atoms with Crippen LogP contribution in [0.15, 0.2) is 60.9 Å². The Morgan fingerprint density at radius 3 is 2.37 bits per heavy atom. The number of benzene rings is 2. The zero-order valence-corrected chi connectivity index (χ0v) is 17.8. The van der Waals surface area contributed by atoms with Crippen LogP contribution >= 0.6 is 0 Å². The summed E-state index contributed by atoms with van der Waals surface area (Å²) in [6, 6.07) is 17.1. The average molecular weight is 422 g/mol. The molecule has 0 atom stereocenters. The number of hydrogen-bond donors (Lipinski definition) is 1. The molecule has 0 fully saturated rings. The summed E-state index contributed by atoms with van der Waals surface area (Å²) in [6.45, 7) is 2.76. The van der Waals surface area contributed by atoms with Gasteiger partial charge in [-0.25, -0.2) is 9.97 Å². The Hall–Kier alpha value is -3.09. The molecule has 6 nitrogen and oxygen atoms in total. The van der Waals surface area contributed by atoms with E-state index in [0.29, 0.717) is 17.7 Å². The fourth-order valence-corrected chi connectivity index (χ4v) is 3.38. The Bertz CT molecular complexity index is 1140. The van der Waals surface area contributed by atoms with Gasteiger partial charge >= 0.3 is 0 Å². The van der Waals surface area contributed by atoms with Crippen LogP contribution in [0.25, 0.3) is 11.2 Å². The van der Waals surface area contributed by atoms with E-state index < -0.39 is 0 Å². The van der Waals surface area contributed by atoms with Gasteiger partial charge in [0.2, 0.25) is 0 Å². The second-order valence-electron chi connectivity index (χ2n) is 7.00. The number of fused-ring (bicyclic) bond motifs is 1. The lowest BCUT2D eigenvalue weighted by molar-refractivity contribution is -0.542. The Labute approximate surface area is 181 Å². The fraction of sp³-hybridized carbons (Fsp3) is 0.217. The fourth-order valence-electron chi connectivity index (χ4n) is 3.38. The molecule has 4 rings (SSSR count). The molecule has 30 heavy (non-hydrogen) atoms. The van der Waals surface area contributed by atoms with Crippen LogP contribution in [0.5, 0.6) is 0 Å². The molecule has 7 heteroatoms. The molecule has 0 aliphatic rings. The third-order valence-corrected chi connectivity index (χ3v) is 4.89. The van der Waals surface area contributed by atoms with Crippen molar-refractivity contribution in [2.45, 2.75) is 26.3 Å². The average Bonchev–Trinajstić information content (AvgIpc) is 3.17. The van der Waals surface area contributed by atoms with E-state index in [1.807, 2.05) is 77.9 Å². The Morgan fingerprint density at radius 2 is 1.70 bits per heavy atom. The maximum atomic E-state index is 12.6. The number of imidazole rings is 1. The van der Waals surface area contributed by atoms with Crippen molar-refractivity contribution in [3.05, 3.63) is 83.4 Å². The molecule has 2 heterocycles. The van der Waals surface area contributed by atoms with Gasteiger partial charge in [-0.2, -0.15) is 4.98 Å². The third-order valence-electron chi connectivity index (χ3n) is 4.89. The second-order valence-corrected chi connectivity index (χ2v) is 7.00. The summed E-state index contributed by atoms with van der Waals surface area (Å²) in [5, 5.41) is 1.98. The number of rotatable bonds is 7. The zero-order chi connectivity index (χ0) is 20.2. The van der Waals surface area contributed by atoms with E-state index in [1.54, 1.807) is 0 Å². The lowest BCUT2D eigenvalue weighted by Crippen LogP contribution is -3.00. The summed E-state index contributed by atoms with van der Waals surface area (Å²) < 4.78 is 2.04. The molecule has 2 N–H and O–H groups in total. The van der Waals surface area contributed by atoms with Crippen molar-refractivity contribution < 1.29 is 22.5 Å². The SMILES string of the molecule is CCCc1nc([NH2+]C)c2ncn(Cc3ccc(C(=O)c4ccccc4)cc3)c2n1.[Cl-]. The van der Waals surface area contributed by atoms with Gasteiger partial charge < -0.3 is 17.0 Å². The molecule has 0 saturated carbocycles. The molecular formula is C23H24ClN5O. The number of quaternary nitrogens is 1. The van der Waals surface area contributed by atoms with E-state index in [4.69, 9.17) is 4.98 Å². The number of nitrogens with two attached hydrogens (primary N) is 1. The predicted octanol–water partition coefficient (Wildman–Crippen LogP) is -0.113. The summed E-state index contributed by atoms with van der Waals surface area (Å²) >= 11 is 0. The van der Waals surface area contributed by atoms with Gasteiger partial charge in [0.1, 0.15) is 5.82 Å². The van der Waals surface area contributed by atoms with Gasteiger partial charge in [0.15, 0.2) is 16.9 Å². The molecule has 0 aliphatic carbocycles. The van der Waals surface area contributed by atoms with Gasteiger partial charge in [0.05, 0.1) is 19.9 Å². The quantitative estimate of drug-likeness (QED) is 0.422. The first-order valence-corrected chi connectivity index (χ1v) is 9.89. The molecule has 0 bridgehead atoms. The minimum absolute atomic E-state index is 0. The summed E-state index contributed by atoms with van der Waals surface area (Å²) in [5.74, 6) is 1.75. The molecule has 0 amide bonds. The number of aryl methyl sites for hydroxylation is 1. The normalized spacial score (nSPS) is 10.7. The number of ketones is 1. The van der Waals surface area contributed by atoms with E-state index in [2.05, 4.69) is 16.9 Å². The molecule has 2 aromatic heterocycles. The summed E-state index contributed by atoms with van der Waals surface area (Å²) in [5.41, 5.74) is 4.14. The zero-order valence-electron chi connectivity index (χ0n) is 17.0. The highest BCUT2D eigenvalue weighted by molar-refractivity contribution is 6.08. The van der Waals surface area contributed by atoms with Crippen molar-refractivity contribution in [1.82, 2.24) is 19.5 Å². The molecule has 154 valence electrons. The number of hydrogen-bond acceptors (Lipinski definition) is 4. The van der Waals surface area contributed by atoms with E-state index in [9.17, 15) is 4.79 Å². The van der Waals surface area contributed by atoms with Crippen molar-refractivity contribution in [1.29, 1.82) is 0 Å². The highest BCUT2D eigenvalue weighted by Crippen LogP contribution is 2.18. The highest BCUT2D eigenvalue weighted by Gasteiger charge is 2.15. The molecule has 2 aromatic carbocycles. The summed E-state index contributed by atoms with van der Waals surface area (Å²) in [6.07, 6.45) is 3.66. The van der Waals surface area contributed by atoms with Crippen LogP contribution in [0.1, 0.15) is 40.7 Å². The van der Waals surface area contributed by atoms with E-state index >= 15 is 0 Å². The highest BCUT2D eigenvalue weighted by atomic mass is 35.5. The summed E-state index contributed by atoms with van der Waals surface area (Å²) in [4.78, 5) is 26.4. The van der Waals surface area contributed by atoms with Gasteiger partial charge in [-0.05, 0) is 12.0 Å². The van der Waals surface area contributed by atoms with Gasteiger partial charge in [0, 0.05) is 17.5 Å². The molecule has 0 saturated heterocycles. The largest absolute Gasteiger partial charge is 1.00 e. The number of nitrogens with zero attached hydrogens (tertiary/aromatic N) is 4. The van der Waals surface area contributed by atoms with Gasteiger partial charge in [-0.1, -0.05) is 61.5 Å². The van der Waals surface area contributed by atoms with Crippen LogP contribution < -0.4 is 17.7 Å². The standard InChI is InChI=1S/C23H23N5O.ClH/c1-3-7-19-26-22(24-2)20-23(27-19)28(15-25-20)14-16-10-12-18(13-11-16)21(29)17-8-5-4-6-9-17;/h4-6,8-13,15H,3,7,14H2,1-2H3,(H,24,26,27);1H. The lowest BCUT2D eigenvalue weighted by Gasteiger charge is -2.07. The maximum absolute atomic E-state index is 12.6. The van der Waals surface area contributed by atoms with Crippen LogP contribution in [0, 0.1) is 0 Å². The first-order valence-electron chi connectivity index (χ1n) is 9.89. The van der Waals surface area contributed by atoms with Crippen molar-refractivity contribution >= 4 is 22.8 Å². The molecular weight excluding hydrogens is 398 g/mol. The number of aromatic nitrogens is 4. The van der Waals surface area contributed by atoms with Gasteiger partial charge in [0.25, 0.3) is 5.82 Å². The van der Waals surface area contributed by atoms with Gasteiger partial charge in [-0.15, -0.1) is 0 Å². The van der Waals surface area contributed by atoms with E-state index in [0.717, 1.165) is 41.2 Å². The summed E-state index contributed by atoms with van der Waals surface area (Å²) in [7, 11) is 1.97. The number of carbonyl (C=O) groups excluding carboxylic acids is 1. The molecule has 0 unspecified atom stereocenters. The molecule has 0 aliphatic heterocycles. The second kappa shape index (κ2) is 9.61. The molecule has 0 spiro atoms. The predicted molar refractivity (Wildman–Crippen MR) is 112 cm³/mol. The Balaban J connectivity index is 0.00000256. The monoisotopic (exact) mass is 421 g/mol. The molecule has 4 aromatic rings. The maximum Gasteiger partial charge on any atom is 0.256 e. The van der Waals surface area contributed by atoms with Crippen LogP contribution in [-0.4, -0.2) is 32.3 Å². The first kappa shape index (κ1) is 21.6. The van der Waals surface area contributed by atoms with Crippen LogP contribution in [0.3, 0.4) is 0 Å². The van der Waals surface area contributed by atoms with Crippen molar-refractivity contribution in [2.24, 2.45) is 0 Å². The topological polar surface area (TPSA) is 77.3 Å². The van der Waals surface area contributed by atoms with Gasteiger partial charge in [-0.3, -0.25) is 10.1 Å². The molecule has 0 radical (unpaired) electrons. The van der Waals surface area contributed by atoms with Crippen molar-refractivity contribution in [2.75, 3.05) is 7.05 Å². The van der Waals surface area contributed by atoms with Crippen molar-refractivity contribution in [3.63, 3.8) is 0 Å². The smallest absolute Gasteiger partial charge is 0.256 e. The Morgan fingerprint density at radius 1 is 1.00 bits per heavy atom. The van der Waals surface area contributed by atoms with Crippen LogP contribution in [0.2, 0.25) is 0 Å². The number of carbonyl (C=O) groups is 1. The third kappa shape index (κ3) is 4.40.